The van der Waals surface area contributed by atoms with Gasteiger partial charge in [0.2, 0.25) is 5.91 Å². The number of nitrogens with zero attached hydrogens (tertiary/aromatic N) is 1. The number of ether oxygens (including phenoxy) is 1. The summed E-state index contributed by atoms with van der Waals surface area (Å²) < 4.78 is 4.99. The third-order valence-electron chi connectivity index (χ3n) is 4.15. The van der Waals surface area contributed by atoms with Gasteiger partial charge in [-0.25, -0.2) is 4.79 Å². The summed E-state index contributed by atoms with van der Waals surface area (Å²) in [4.78, 5) is 26.0. The smallest absolute Gasteiger partial charge is 0.409 e. The Bertz CT molecular complexity index is 511. The standard InChI is InChI=1S/C16H23N3O3/c1-2-22-15(21)19-10-8-16(12-17,9-11-19)14(20)18-13-6-4-3-5-7-13/h3-7H,2,8-12,17H2,1H3,(H,18,20). The maximum atomic E-state index is 12.6. The molecule has 0 unspecified atom stereocenters. The molecular weight excluding hydrogens is 282 g/mol. The first-order chi connectivity index (χ1) is 10.6. The largest absolute Gasteiger partial charge is 0.450 e. The number of piperidine rings is 1. The lowest BCUT2D eigenvalue weighted by molar-refractivity contribution is -0.127. The summed E-state index contributed by atoms with van der Waals surface area (Å²) in [5, 5.41) is 2.92. The summed E-state index contributed by atoms with van der Waals surface area (Å²) in [6.07, 6.45) is 0.763. The highest BCUT2D eigenvalue weighted by atomic mass is 16.6. The van der Waals surface area contributed by atoms with Crippen molar-refractivity contribution in [3.63, 3.8) is 0 Å². The number of amides is 2. The number of carbonyl (C=O) groups is 2. The zero-order valence-corrected chi connectivity index (χ0v) is 12.9. The van der Waals surface area contributed by atoms with Gasteiger partial charge >= 0.3 is 6.09 Å². The Morgan fingerprint density at radius 3 is 2.45 bits per heavy atom. The molecule has 1 aromatic carbocycles. The molecule has 0 aromatic heterocycles. The SMILES string of the molecule is CCOC(=O)N1CCC(CN)(C(=O)Nc2ccccc2)CC1. The van der Waals surface area contributed by atoms with Crippen molar-refractivity contribution in [3.05, 3.63) is 30.3 Å². The third kappa shape index (κ3) is 3.57. The van der Waals surface area contributed by atoms with Gasteiger partial charge in [-0.15, -0.1) is 0 Å². The number of carbonyl (C=O) groups excluding carboxylic acids is 2. The van der Waals surface area contributed by atoms with Crippen LogP contribution >= 0.6 is 0 Å². The van der Waals surface area contributed by atoms with Crippen LogP contribution in [0.4, 0.5) is 10.5 Å². The Hall–Kier alpha value is -2.08. The van der Waals surface area contributed by atoms with Gasteiger partial charge in [0.05, 0.1) is 12.0 Å². The minimum Gasteiger partial charge on any atom is -0.450 e. The van der Waals surface area contributed by atoms with Crippen LogP contribution in [0.25, 0.3) is 0 Å². The van der Waals surface area contributed by atoms with Crippen molar-refractivity contribution in [1.29, 1.82) is 0 Å². The van der Waals surface area contributed by atoms with E-state index >= 15 is 0 Å². The molecule has 0 spiro atoms. The maximum absolute atomic E-state index is 12.6. The van der Waals surface area contributed by atoms with E-state index in [1.54, 1.807) is 11.8 Å². The van der Waals surface area contributed by atoms with Crippen molar-refractivity contribution in [3.8, 4) is 0 Å². The molecule has 6 heteroatoms. The molecule has 1 aliphatic heterocycles. The van der Waals surface area contributed by atoms with Gasteiger partial charge in [-0.2, -0.15) is 0 Å². The number of hydrogen-bond acceptors (Lipinski definition) is 4. The van der Waals surface area contributed by atoms with E-state index in [4.69, 9.17) is 10.5 Å². The molecule has 3 N–H and O–H groups in total. The number of hydrogen-bond donors (Lipinski definition) is 2. The quantitative estimate of drug-likeness (QED) is 0.888. The predicted molar refractivity (Wildman–Crippen MR) is 84.4 cm³/mol. The minimum atomic E-state index is -0.626. The molecule has 2 rings (SSSR count). The lowest BCUT2D eigenvalue weighted by atomic mass is 9.77. The number of nitrogens with two attached hydrogens (primary N) is 1. The molecule has 1 fully saturated rings. The van der Waals surface area contributed by atoms with Gasteiger partial charge in [-0.3, -0.25) is 4.79 Å². The fourth-order valence-electron chi connectivity index (χ4n) is 2.64. The first-order valence-electron chi connectivity index (χ1n) is 7.59. The van der Waals surface area contributed by atoms with Gasteiger partial charge in [-0.05, 0) is 31.9 Å². The van der Waals surface area contributed by atoms with E-state index in [9.17, 15) is 9.59 Å². The Balaban J connectivity index is 1.99. The average Bonchev–Trinajstić information content (AvgIpc) is 2.56. The van der Waals surface area contributed by atoms with Gasteiger partial charge in [0.15, 0.2) is 0 Å². The Morgan fingerprint density at radius 2 is 1.91 bits per heavy atom. The summed E-state index contributed by atoms with van der Waals surface area (Å²) >= 11 is 0. The van der Waals surface area contributed by atoms with Gasteiger partial charge in [0.1, 0.15) is 0 Å². The zero-order chi connectivity index (χ0) is 16.0. The predicted octanol–water partition coefficient (Wildman–Crippen LogP) is 1.82. The summed E-state index contributed by atoms with van der Waals surface area (Å²) in [7, 11) is 0. The molecule has 0 atom stereocenters. The molecule has 0 saturated carbocycles. The van der Waals surface area contributed by atoms with E-state index in [-0.39, 0.29) is 18.5 Å². The molecule has 6 nitrogen and oxygen atoms in total. The maximum Gasteiger partial charge on any atom is 0.409 e. The van der Waals surface area contributed by atoms with Crippen LogP contribution in [-0.4, -0.2) is 43.1 Å². The average molecular weight is 305 g/mol. The van der Waals surface area contributed by atoms with Crippen LogP contribution in [0.15, 0.2) is 30.3 Å². The highest BCUT2D eigenvalue weighted by Crippen LogP contribution is 2.32. The van der Waals surface area contributed by atoms with Crippen LogP contribution in [0.3, 0.4) is 0 Å². The van der Waals surface area contributed by atoms with Crippen molar-refractivity contribution in [2.45, 2.75) is 19.8 Å². The lowest BCUT2D eigenvalue weighted by Crippen LogP contribution is -2.51. The lowest BCUT2D eigenvalue weighted by Gasteiger charge is -2.39. The summed E-state index contributed by atoms with van der Waals surface area (Å²) in [6.45, 7) is 3.37. The highest BCUT2D eigenvalue weighted by molar-refractivity contribution is 5.95. The number of nitrogens with one attached hydrogen (secondary N) is 1. The highest BCUT2D eigenvalue weighted by Gasteiger charge is 2.41. The molecule has 0 radical (unpaired) electrons. The van der Waals surface area contributed by atoms with Crippen molar-refractivity contribution in [2.24, 2.45) is 11.1 Å². The van der Waals surface area contributed by atoms with Crippen molar-refractivity contribution in [1.82, 2.24) is 4.90 Å². The number of likely N-dealkylation sites (tertiary alicyclic amines) is 1. The van der Waals surface area contributed by atoms with E-state index in [1.165, 1.54) is 0 Å². The molecule has 2 amide bonds. The molecule has 1 heterocycles. The number of benzene rings is 1. The van der Waals surface area contributed by atoms with Crippen LogP contribution in [0.1, 0.15) is 19.8 Å². The molecular formula is C16H23N3O3. The summed E-state index contributed by atoms with van der Waals surface area (Å²) in [5.41, 5.74) is 6.01. The van der Waals surface area contributed by atoms with Gasteiger partial charge in [-0.1, -0.05) is 18.2 Å². The Morgan fingerprint density at radius 1 is 1.27 bits per heavy atom. The van der Waals surface area contributed by atoms with Crippen LogP contribution in [0, 0.1) is 5.41 Å². The fourth-order valence-corrected chi connectivity index (χ4v) is 2.64. The van der Waals surface area contributed by atoms with E-state index in [0.29, 0.717) is 32.5 Å². The second-order valence-electron chi connectivity index (χ2n) is 5.49. The van der Waals surface area contributed by atoms with Gasteiger partial charge in [0.25, 0.3) is 0 Å². The monoisotopic (exact) mass is 305 g/mol. The molecule has 0 aliphatic carbocycles. The van der Waals surface area contributed by atoms with Crippen LogP contribution < -0.4 is 11.1 Å². The second kappa shape index (κ2) is 7.26. The zero-order valence-electron chi connectivity index (χ0n) is 12.9. The van der Waals surface area contributed by atoms with Crippen LogP contribution in [0.2, 0.25) is 0 Å². The Kier molecular flexibility index (Phi) is 5.38. The molecule has 22 heavy (non-hydrogen) atoms. The number of rotatable bonds is 4. The molecule has 0 bridgehead atoms. The van der Waals surface area contributed by atoms with E-state index < -0.39 is 5.41 Å². The number of para-hydroxylation sites is 1. The van der Waals surface area contributed by atoms with Crippen LogP contribution in [0.5, 0.6) is 0 Å². The van der Waals surface area contributed by atoms with E-state index in [1.807, 2.05) is 30.3 Å². The molecule has 1 aliphatic rings. The van der Waals surface area contributed by atoms with E-state index in [2.05, 4.69) is 5.32 Å². The molecule has 1 aromatic rings. The minimum absolute atomic E-state index is 0.0790. The van der Waals surface area contributed by atoms with Gasteiger partial charge < -0.3 is 20.7 Å². The molecule has 1 saturated heterocycles. The first kappa shape index (κ1) is 16.3. The van der Waals surface area contributed by atoms with Crippen molar-refractivity contribution < 1.29 is 14.3 Å². The van der Waals surface area contributed by atoms with Crippen molar-refractivity contribution >= 4 is 17.7 Å². The Labute approximate surface area is 130 Å². The molecule has 120 valence electrons. The van der Waals surface area contributed by atoms with E-state index in [0.717, 1.165) is 5.69 Å². The topological polar surface area (TPSA) is 84.7 Å². The summed E-state index contributed by atoms with van der Waals surface area (Å²) in [6, 6.07) is 9.32. The first-order valence-corrected chi connectivity index (χ1v) is 7.59. The number of anilines is 1. The second-order valence-corrected chi connectivity index (χ2v) is 5.49. The summed E-state index contributed by atoms with van der Waals surface area (Å²) in [5.74, 6) is -0.0790. The van der Waals surface area contributed by atoms with Crippen LogP contribution in [-0.2, 0) is 9.53 Å². The van der Waals surface area contributed by atoms with Crippen molar-refractivity contribution in [2.75, 3.05) is 31.6 Å². The third-order valence-corrected chi connectivity index (χ3v) is 4.15. The normalized spacial score (nSPS) is 16.9. The van der Waals surface area contributed by atoms with Gasteiger partial charge in [0, 0.05) is 25.3 Å². The fraction of sp³-hybridized carbons (Fsp3) is 0.500.